The normalized spacial score (nSPS) is 9.25. The van der Waals surface area contributed by atoms with Gasteiger partial charge in [0.05, 0.1) is 6.61 Å². The van der Waals surface area contributed by atoms with E-state index in [1.807, 2.05) is 30.3 Å². The summed E-state index contributed by atoms with van der Waals surface area (Å²) in [7, 11) is 0. The Bertz CT molecular complexity index is 250. The zero-order valence-corrected chi connectivity index (χ0v) is 6.86. The van der Waals surface area contributed by atoms with Gasteiger partial charge in [-0.15, -0.1) is 0 Å². The molecule has 0 radical (unpaired) electrons. The molecule has 2 nitrogen and oxygen atoms in total. The minimum atomic E-state index is 0.451. The van der Waals surface area contributed by atoms with E-state index in [1.54, 1.807) is 0 Å². The number of rotatable bonds is 4. The van der Waals surface area contributed by atoms with Crippen molar-refractivity contribution in [2.24, 2.45) is 0 Å². The van der Waals surface area contributed by atoms with E-state index < -0.39 is 0 Å². The van der Waals surface area contributed by atoms with Crippen molar-refractivity contribution in [3.8, 4) is 0 Å². The minimum Gasteiger partial charge on any atom is -0.369 e. The Labute approximate surface area is 72.6 Å². The molecule has 0 atom stereocenters. The van der Waals surface area contributed by atoms with Crippen LogP contribution >= 0.6 is 0 Å². The summed E-state index contributed by atoms with van der Waals surface area (Å²) in [4.78, 5) is 3.19. The van der Waals surface area contributed by atoms with Gasteiger partial charge in [-0.2, -0.15) is 0 Å². The van der Waals surface area contributed by atoms with E-state index in [1.165, 1.54) is 0 Å². The number of benzene rings is 1. The molecular formula is C10H11NO. The lowest BCUT2D eigenvalue weighted by atomic mass is 10.2. The van der Waals surface area contributed by atoms with Gasteiger partial charge in [0, 0.05) is 0 Å². The van der Waals surface area contributed by atoms with Crippen molar-refractivity contribution in [2.45, 2.75) is 6.61 Å². The molecule has 2 heteroatoms. The largest absolute Gasteiger partial charge is 0.369 e. The Morgan fingerprint density at radius 1 is 1.25 bits per heavy atom. The molecule has 0 aliphatic heterocycles. The summed E-state index contributed by atoms with van der Waals surface area (Å²) in [6.45, 7) is 8.12. The summed E-state index contributed by atoms with van der Waals surface area (Å²) in [5, 5.41) is 0. The molecule has 0 N–H and O–H groups in total. The van der Waals surface area contributed by atoms with E-state index in [2.05, 4.69) is 4.85 Å². The van der Waals surface area contributed by atoms with Gasteiger partial charge in [0.1, 0.15) is 6.61 Å². The molecule has 1 rings (SSSR count). The van der Waals surface area contributed by atoms with Crippen LogP contribution in [0.15, 0.2) is 30.3 Å². The molecular weight excluding hydrogens is 150 g/mol. The Balaban J connectivity index is 2.21. The predicted molar refractivity (Wildman–Crippen MR) is 47.6 cm³/mol. The second kappa shape index (κ2) is 5.34. The van der Waals surface area contributed by atoms with Gasteiger partial charge in [0.25, 0.3) is 0 Å². The topological polar surface area (TPSA) is 13.6 Å². The van der Waals surface area contributed by atoms with Gasteiger partial charge >= 0.3 is 0 Å². The van der Waals surface area contributed by atoms with Crippen LogP contribution in [0, 0.1) is 6.57 Å². The molecule has 1 aromatic rings. The van der Waals surface area contributed by atoms with E-state index in [4.69, 9.17) is 11.3 Å². The molecule has 0 bridgehead atoms. The number of hydrogen-bond donors (Lipinski definition) is 0. The first-order chi connectivity index (χ1) is 5.93. The Morgan fingerprint density at radius 2 is 2.00 bits per heavy atom. The maximum Gasteiger partial charge on any atom is 0.237 e. The fourth-order valence-corrected chi connectivity index (χ4v) is 0.874. The van der Waals surface area contributed by atoms with Crippen LogP contribution in [0.5, 0.6) is 0 Å². The third kappa shape index (κ3) is 3.18. The summed E-state index contributed by atoms with van der Waals surface area (Å²) in [6.07, 6.45) is 0. The molecule has 0 saturated heterocycles. The van der Waals surface area contributed by atoms with Gasteiger partial charge in [-0.1, -0.05) is 30.3 Å². The van der Waals surface area contributed by atoms with Gasteiger partial charge in [0.15, 0.2) is 0 Å². The number of nitrogens with zero attached hydrogens (tertiary/aromatic N) is 1. The molecule has 0 saturated carbocycles. The first kappa shape index (κ1) is 8.76. The van der Waals surface area contributed by atoms with Crippen molar-refractivity contribution in [1.29, 1.82) is 0 Å². The van der Waals surface area contributed by atoms with Crippen LogP contribution in [-0.2, 0) is 11.3 Å². The first-order valence-corrected chi connectivity index (χ1v) is 3.88. The van der Waals surface area contributed by atoms with Gasteiger partial charge < -0.3 is 9.58 Å². The first-order valence-electron chi connectivity index (χ1n) is 3.88. The summed E-state index contributed by atoms with van der Waals surface area (Å²) in [6, 6.07) is 9.96. The lowest BCUT2D eigenvalue weighted by Crippen LogP contribution is -1.96. The molecule has 0 spiro atoms. The van der Waals surface area contributed by atoms with Gasteiger partial charge in [-0.25, -0.2) is 6.57 Å². The summed E-state index contributed by atoms with van der Waals surface area (Å²) < 4.78 is 5.25. The van der Waals surface area contributed by atoms with Gasteiger partial charge in [-0.05, 0) is 5.56 Å². The third-order valence-electron chi connectivity index (χ3n) is 1.46. The second-order valence-electron chi connectivity index (χ2n) is 2.42. The molecule has 62 valence electrons. The molecule has 0 aromatic heterocycles. The van der Waals surface area contributed by atoms with Crippen molar-refractivity contribution in [1.82, 2.24) is 0 Å². The van der Waals surface area contributed by atoms with Crippen LogP contribution in [0.25, 0.3) is 4.85 Å². The van der Waals surface area contributed by atoms with Crippen LogP contribution in [0.3, 0.4) is 0 Å². The molecule has 12 heavy (non-hydrogen) atoms. The zero-order chi connectivity index (χ0) is 8.65. The van der Waals surface area contributed by atoms with Crippen LogP contribution in [0.4, 0.5) is 0 Å². The number of hydrogen-bond acceptors (Lipinski definition) is 1. The van der Waals surface area contributed by atoms with Crippen molar-refractivity contribution in [3.63, 3.8) is 0 Å². The SMILES string of the molecule is [C-]#[N+]CCOCc1ccccc1. The van der Waals surface area contributed by atoms with Crippen LogP contribution in [0.1, 0.15) is 5.56 Å². The van der Waals surface area contributed by atoms with E-state index in [0.29, 0.717) is 19.8 Å². The van der Waals surface area contributed by atoms with E-state index in [0.717, 1.165) is 5.56 Å². The van der Waals surface area contributed by atoms with Gasteiger partial charge in [0.2, 0.25) is 6.54 Å². The summed E-state index contributed by atoms with van der Waals surface area (Å²) in [5.74, 6) is 0. The van der Waals surface area contributed by atoms with Crippen LogP contribution < -0.4 is 0 Å². The smallest absolute Gasteiger partial charge is 0.237 e. The Kier molecular flexibility index (Phi) is 3.90. The highest BCUT2D eigenvalue weighted by atomic mass is 16.5. The highest BCUT2D eigenvalue weighted by Crippen LogP contribution is 1.99. The maximum absolute atomic E-state index is 6.53. The highest BCUT2D eigenvalue weighted by molar-refractivity contribution is 5.13. The monoisotopic (exact) mass is 161 g/mol. The van der Waals surface area contributed by atoms with Crippen molar-refractivity contribution in [2.75, 3.05) is 13.2 Å². The quantitative estimate of drug-likeness (QED) is 0.487. The number of ether oxygens (including phenoxy) is 1. The zero-order valence-electron chi connectivity index (χ0n) is 6.86. The predicted octanol–water partition coefficient (Wildman–Crippen LogP) is 2.12. The Hall–Kier alpha value is -1.33. The fourth-order valence-electron chi connectivity index (χ4n) is 0.874. The molecule has 0 aliphatic carbocycles. The van der Waals surface area contributed by atoms with Crippen molar-refractivity contribution < 1.29 is 4.74 Å². The second-order valence-corrected chi connectivity index (χ2v) is 2.42. The molecule has 0 aliphatic rings. The van der Waals surface area contributed by atoms with Crippen LogP contribution in [0.2, 0.25) is 0 Å². The third-order valence-corrected chi connectivity index (χ3v) is 1.46. The average Bonchev–Trinajstić information content (AvgIpc) is 2.14. The van der Waals surface area contributed by atoms with E-state index >= 15 is 0 Å². The molecule has 1 aromatic carbocycles. The standard InChI is InChI=1S/C10H11NO/c1-11-7-8-12-9-10-5-3-2-4-6-10/h2-6H,7-9H2. The molecule has 0 amide bonds. The van der Waals surface area contributed by atoms with E-state index in [-0.39, 0.29) is 0 Å². The average molecular weight is 161 g/mol. The van der Waals surface area contributed by atoms with Gasteiger partial charge in [-0.3, -0.25) is 0 Å². The van der Waals surface area contributed by atoms with Crippen LogP contribution in [-0.4, -0.2) is 13.2 Å². The molecule has 0 heterocycles. The summed E-state index contributed by atoms with van der Waals surface area (Å²) >= 11 is 0. The lowest BCUT2D eigenvalue weighted by molar-refractivity contribution is 0.132. The molecule has 0 unspecified atom stereocenters. The fraction of sp³-hybridized carbons (Fsp3) is 0.300. The van der Waals surface area contributed by atoms with E-state index in [9.17, 15) is 0 Å². The minimum absolute atomic E-state index is 0.451. The van der Waals surface area contributed by atoms with Crippen molar-refractivity contribution in [3.05, 3.63) is 47.3 Å². The Morgan fingerprint density at radius 3 is 2.67 bits per heavy atom. The summed E-state index contributed by atoms with van der Waals surface area (Å²) in [5.41, 5.74) is 1.16. The molecule has 0 fully saturated rings. The lowest BCUT2D eigenvalue weighted by Gasteiger charge is -1.99. The van der Waals surface area contributed by atoms with Crippen molar-refractivity contribution >= 4 is 0 Å². The highest BCUT2D eigenvalue weighted by Gasteiger charge is 1.91. The maximum atomic E-state index is 6.53.